The monoisotopic (exact) mass is 517 g/mol. The van der Waals surface area contributed by atoms with E-state index >= 15 is 0 Å². The minimum Gasteiger partial charge on any atom is -0.507 e. The number of hydrogen-bond acceptors (Lipinski definition) is 5. The van der Waals surface area contributed by atoms with Crippen LogP contribution in [0.1, 0.15) is 63.8 Å². The number of carbonyl (C=O) groups excluding carboxylic acids is 3. The first-order chi connectivity index (χ1) is 16.8. The predicted octanol–water partition coefficient (Wildman–Crippen LogP) is 5.49. The Labute approximate surface area is 218 Å². The number of halogens is 1. The van der Waals surface area contributed by atoms with Crippen molar-refractivity contribution in [1.29, 1.82) is 0 Å². The summed E-state index contributed by atoms with van der Waals surface area (Å²) in [6.07, 6.45) is -0.217. The number of hydrogen-bond donors (Lipinski definition) is 3. The van der Waals surface area contributed by atoms with E-state index in [1.807, 2.05) is 19.9 Å². The molecule has 0 aliphatic heterocycles. The van der Waals surface area contributed by atoms with Crippen molar-refractivity contribution >= 4 is 35.2 Å². The zero-order valence-electron chi connectivity index (χ0n) is 21.9. The Morgan fingerprint density at radius 2 is 1.69 bits per heavy atom. The van der Waals surface area contributed by atoms with Gasteiger partial charge in [0.05, 0.1) is 10.7 Å². The van der Waals surface area contributed by atoms with Crippen LogP contribution in [0.15, 0.2) is 36.4 Å². The Bertz CT molecular complexity index is 1090. The van der Waals surface area contributed by atoms with E-state index in [0.29, 0.717) is 22.7 Å². The van der Waals surface area contributed by atoms with Gasteiger partial charge in [-0.1, -0.05) is 48.9 Å². The van der Waals surface area contributed by atoms with E-state index in [1.54, 1.807) is 65.0 Å². The number of benzene rings is 2. The largest absolute Gasteiger partial charge is 0.507 e. The zero-order chi connectivity index (χ0) is 27.2. The molecule has 8 nitrogen and oxygen atoms in total. The standard InChI is InChI=1S/C27H36ClN3O5/c1-8-18(4)31(21(32)15-29-26(35)36-27(5,6)7)23(19-13-9-12-17(3)24(19)33)25(34)30-22-16(2)11-10-14-20(22)28/h9-14,18,23,33H,8,15H2,1-7H3,(H,29,35)(H,30,34). The maximum absolute atomic E-state index is 13.8. The van der Waals surface area contributed by atoms with Gasteiger partial charge in [0.25, 0.3) is 5.91 Å². The number of phenols is 1. The molecule has 2 unspecified atom stereocenters. The second-order valence-electron chi connectivity index (χ2n) is 9.75. The molecule has 2 aromatic carbocycles. The predicted molar refractivity (Wildman–Crippen MR) is 141 cm³/mol. The van der Waals surface area contributed by atoms with Crippen LogP contribution < -0.4 is 10.6 Å². The molecule has 0 aliphatic rings. The number of carbonyl (C=O) groups is 3. The van der Waals surface area contributed by atoms with Gasteiger partial charge >= 0.3 is 6.09 Å². The minimum atomic E-state index is -1.19. The van der Waals surface area contributed by atoms with E-state index in [4.69, 9.17) is 16.3 Å². The van der Waals surface area contributed by atoms with Crippen LogP contribution in [0, 0.1) is 13.8 Å². The maximum atomic E-state index is 13.8. The number of phenolic OH excluding ortho intramolecular Hbond substituents is 1. The molecule has 0 aromatic heterocycles. The second kappa shape index (κ2) is 12.1. The summed E-state index contributed by atoms with van der Waals surface area (Å²) in [5.41, 5.74) is 1.26. The number of alkyl carbamates (subject to hydrolysis) is 1. The van der Waals surface area contributed by atoms with E-state index < -0.39 is 35.6 Å². The number of ether oxygens (including phenoxy) is 1. The normalized spacial score (nSPS) is 12.9. The molecule has 0 bridgehead atoms. The van der Waals surface area contributed by atoms with Gasteiger partial charge in [-0.05, 0) is 65.2 Å². The lowest BCUT2D eigenvalue weighted by molar-refractivity contribution is -0.140. The molecular weight excluding hydrogens is 482 g/mol. The van der Waals surface area contributed by atoms with Crippen molar-refractivity contribution in [3.8, 4) is 5.75 Å². The zero-order valence-corrected chi connectivity index (χ0v) is 22.7. The second-order valence-corrected chi connectivity index (χ2v) is 10.2. The van der Waals surface area contributed by atoms with Crippen molar-refractivity contribution in [1.82, 2.24) is 10.2 Å². The highest BCUT2D eigenvalue weighted by atomic mass is 35.5. The van der Waals surface area contributed by atoms with E-state index in [1.165, 1.54) is 4.90 Å². The van der Waals surface area contributed by atoms with Crippen molar-refractivity contribution in [3.63, 3.8) is 0 Å². The molecule has 9 heteroatoms. The lowest BCUT2D eigenvalue weighted by atomic mass is 9.98. The minimum absolute atomic E-state index is 0.0882. The summed E-state index contributed by atoms with van der Waals surface area (Å²) in [7, 11) is 0. The fourth-order valence-corrected chi connectivity index (χ4v) is 3.96. The first-order valence-electron chi connectivity index (χ1n) is 11.9. The first kappa shape index (κ1) is 29.0. The summed E-state index contributed by atoms with van der Waals surface area (Å²) < 4.78 is 5.23. The molecule has 0 fully saturated rings. The number of nitrogens with one attached hydrogen (secondary N) is 2. The van der Waals surface area contributed by atoms with Crippen molar-refractivity contribution in [3.05, 3.63) is 58.1 Å². The van der Waals surface area contributed by atoms with Gasteiger partial charge in [-0.2, -0.15) is 0 Å². The van der Waals surface area contributed by atoms with Crippen LogP contribution in [0.3, 0.4) is 0 Å². The van der Waals surface area contributed by atoms with Gasteiger partial charge in [0.2, 0.25) is 5.91 Å². The number of para-hydroxylation sites is 2. The van der Waals surface area contributed by atoms with Crippen molar-refractivity contribution in [2.75, 3.05) is 11.9 Å². The summed E-state index contributed by atoms with van der Waals surface area (Å²) in [6, 6.07) is 8.68. The smallest absolute Gasteiger partial charge is 0.408 e. The third-order valence-corrected chi connectivity index (χ3v) is 6.01. The average molecular weight is 518 g/mol. The number of amides is 3. The van der Waals surface area contributed by atoms with Crippen LogP contribution in [0.2, 0.25) is 5.02 Å². The number of anilines is 1. The Morgan fingerprint density at radius 3 is 2.28 bits per heavy atom. The van der Waals surface area contributed by atoms with Crippen LogP contribution in [0.25, 0.3) is 0 Å². The lowest BCUT2D eigenvalue weighted by Gasteiger charge is -2.36. The molecule has 0 radical (unpaired) electrons. The number of nitrogens with zero attached hydrogens (tertiary/aromatic N) is 1. The average Bonchev–Trinajstić information content (AvgIpc) is 2.78. The van der Waals surface area contributed by atoms with Gasteiger partial charge in [0.1, 0.15) is 23.9 Å². The van der Waals surface area contributed by atoms with Crippen LogP contribution >= 0.6 is 11.6 Å². The van der Waals surface area contributed by atoms with E-state index in [2.05, 4.69) is 10.6 Å². The fraction of sp³-hybridized carbons (Fsp3) is 0.444. The van der Waals surface area contributed by atoms with Gasteiger partial charge in [-0.15, -0.1) is 0 Å². The Kier molecular flexibility index (Phi) is 9.76. The number of aryl methyl sites for hydroxylation is 2. The molecule has 36 heavy (non-hydrogen) atoms. The molecule has 2 aromatic rings. The molecule has 0 aliphatic carbocycles. The molecule has 3 amide bonds. The van der Waals surface area contributed by atoms with Crippen molar-refractivity contribution < 1.29 is 24.2 Å². The molecule has 3 N–H and O–H groups in total. The van der Waals surface area contributed by atoms with Crippen LogP contribution in [-0.2, 0) is 14.3 Å². The summed E-state index contributed by atoms with van der Waals surface area (Å²) >= 11 is 6.34. The van der Waals surface area contributed by atoms with Crippen LogP contribution in [-0.4, -0.2) is 46.1 Å². The Morgan fingerprint density at radius 1 is 1.08 bits per heavy atom. The topological polar surface area (TPSA) is 108 Å². The Balaban J connectivity index is 2.51. The van der Waals surface area contributed by atoms with Gasteiger partial charge in [0.15, 0.2) is 0 Å². The Hall–Kier alpha value is -3.26. The van der Waals surface area contributed by atoms with Crippen molar-refractivity contribution in [2.24, 2.45) is 0 Å². The quantitative estimate of drug-likeness (QED) is 0.429. The molecule has 0 spiro atoms. The molecular formula is C27H36ClN3O5. The highest BCUT2D eigenvalue weighted by Gasteiger charge is 2.36. The van der Waals surface area contributed by atoms with Gasteiger partial charge in [-0.3, -0.25) is 9.59 Å². The molecule has 0 heterocycles. The highest BCUT2D eigenvalue weighted by Crippen LogP contribution is 2.35. The van der Waals surface area contributed by atoms with E-state index in [0.717, 1.165) is 5.56 Å². The van der Waals surface area contributed by atoms with Crippen molar-refractivity contribution in [2.45, 2.75) is 72.6 Å². The van der Waals surface area contributed by atoms with Gasteiger partial charge < -0.3 is 25.4 Å². The molecule has 0 saturated heterocycles. The summed E-state index contributed by atoms with van der Waals surface area (Å²) in [5.74, 6) is -1.14. The van der Waals surface area contributed by atoms with Crippen LogP contribution in [0.4, 0.5) is 10.5 Å². The van der Waals surface area contributed by atoms with Crippen LogP contribution in [0.5, 0.6) is 5.75 Å². The number of aromatic hydroxyl groups is 1. The maximum Gasteiger partial charge on any atom is 0.408 e. The fourth-order valence-electron chi connectivity index (χ4n) is 3.70. The van der Waals surface area contributed by atoms with Gasteiger partial charge in [0, 0.05) is 11.6 Å². The first-order valence-corrected chi connectivity index (χ1v) is 12.3. The molecule has 196 valence electrons. The summed E-state index contributed by atoms with van der Waals surface area (Å²) in [6.45, 7) is 12.0. The van der Waals surface area contributed by atoms with E-state index in [-0.39, 0.29) is 17.9 Å². The summed E-state index contributed by atoms with van der Waals surface area (Å²) in [5, 5.41) is 16.6. The molecule has 0 saturated carbocycles. The SMILES string of the molecule is CCC(C)N(C(=O)CNC(=O)OC(C)(C)C)C(C(=O)Nc1c(C)cccc1Cl)c1cccc(C)c1O. The highest BCUT2D eigenvalue weighted by molar-refractivity contribution is 6.34. The van der Waals surface area contributed by atoms with Gasteiger partial charge in [-0.25, -0.2) is 4.79 Å². The molecule has 2 atom stereocenters. The lowest BCUT2D eigenvalue weighted by Crippen LogP contribution is -2.50. The summed E-state index contributed by atoms with van der Waals surface area (Å²) in [4.78, 5) is 40.8. The third kappa shape index (κ3) is 7.37. The third-order valence-electron chi connectivity index (χ3n) is 5.70. The van der Waals surface area contributed by atoms with E-state index in [9.17, 15) is 19.5 Å². The molecule has 2 rings (SSSR count). The number of rotatable bonds is 8.